The molecule has 0 radical (unpaired) electrons. The van der Waals surface area contributed by atoms with Gasteiger partial charge in [0.25, 0.3) is 11.5 Å². The molecule has 0 saturated heterocycles. The normalized spacial score (nSPS) is 12.2. The SMILES string of the molecule is CCCc1c(C(=O)N[C@H](C)c2ccc(F)cc2)nn2cc(-c3ccc(C)c(C)c3)[nH]c(=O)c12. The molecule has 2 aromatic carbocycles. The maximum Gasteiger partial charge on any atom is 0.274 e. The number of halogens is 1. The van der Waals surface area contributed by atoms with Crippen LogP contribution in [0.1, 0.15) is 59.1 Å². The summed E-state index contributed by atoms with van der Waals surface area (Å²) in [7, 11) is 0. The number of nitrogens with zero attached hydrogens (tertiary/aromatic N) is 2. The molecule has 0 unspecified atom stereocenters. The van der Waals surface area contributed by atoms with Gasteiger partial charge in [0, 0.05) is 5.56 Å². The van der Waals surface area contributed by atoms with Crippen LogP contribution < -0.4 is 10.9 Å². The van der Waals surface area contributed by atoms with E-state index in [2.05, 4.69) is 15.4 Å². The molecule has 4 rings (SSSR count). The van der Waals surface area contributed by atoms with Gasteiger partial charge in [0.05, 0.1) is 17.9 Å². The topological polar surface area (TPSA) is 79.3 Å². The molecule has 6 nitrogen and oxygen atoms in total. The maximum atomic E-state index is 13.2. The number of hydrogen-bond acceptors (Lipinski definition) is 3. The van der Waals surface area contributed by atoms with Crippen LogP contribution in [0, 0.1) is 19.7 Å². The van der Waals surface area contributed by atoms with E-state index in [4.69, 9.17) is 0 Å². The van der Waals surface area contributed by atoms with Crippen molar-refractivity contribution in [3.63, 3.8) is 0 Å². The molecule has 0 aliphatic carbocycles. The van der Waals surface area contributed by atoms with Gasteiger partial charge in [-0.25, -0.2) is 8.91 Å². The van der Waals surface area contributed by atoms with E-state index in [-0.39, 0.29) is 29.0 Å². The third kappa shape index (κ3) is 4.44. The summed E-state index contributed by atoms with van der Waals surface area (Å²) in [5.74, 6) is -0.701. The Labute approximate surface area is 191 Å². The standard InChI is InChI=1S/C26H27FN4O2/c1-5-6-21-23(25(32)28-17(4)18-9-11-20(27)12-10-18)30-31-14-22(29-26(33)24(21)31)19-8-7-15(2)16(3)13-19/h7-14,17H,5-6H2,1-4H3,(H,28,32)(H,29,33)/t17-/m1/s1. The highest BCUT2D eigenvalue weighted by molar-refractivity contribution is 5.96. The fourth-order valence-electron chi connectivity index (χ4n) is 3.96. The lowest BCUT2D eigenvalue weighted by molar-refractivity contribution is 0.0933. The molecule has 2 heterocycles. The maximum absolute atomic E-state index is 13.2. The van der Waals surface area contributed by atoms with Crippen LogP contribution in [-0.4, -0.2) is 20.5 Å². The molecule has 0 bridgehead atoms. The van der Waals surface area contributed by atoms with Crippen LogP contribution >= 0.6 is 0 Å². The number of carbonyl (C=O) groups is 1. The number of aromatic amines is 1. The Bertz CT molecular complexity index is 1390. The lowest BCUT2D eigenvalue weighted by atomic mass is 10.0. The Morgan fingerprint density at radius 2 is 1.88 bits per heavy atom. The predicted molar refractivity (Wildman–Crippen MR) is 127 cm³/mol. The lowest BCUT2D eigenvalue weighted by Crippen LogP contribution is -2.28. The zero-order valence-electron chi connectivity index (χ0n) is 19.2. The van der Waals surface area contributed by atoms with Gasteiger partial charge in [0.2, 0.25) is 0 Å². The molecule has 1 atom stereocenters. The highest BCUT2D eigenvalue weighted by Gasteiger charge is 2.23. The van der Waals surface area contributed by atoms with Gasteiger partial charge in [-0.05, 0) is 67.6 Å². The Kier molecular flexibility index (Phi) is 6.14. The van der Waals surface area contributed by atoms with Crippen LogP contribution in [0.25, 0.3) is 16.8 Å². The van der Waals surface area contributed by atoms with Crippen molar-refractivity contribution in [1.82, 2.24) is 19.9 Å². The zero-order valence-corrected chi connectivity index (χ0v) is 19.2. The smallest absolute Gasteiger partial charge is 0.274 e. The van der Waals surface area contributed by atoms with Gasteiger partial charge in [0.1, 0.15) is 11.3 Å². The zero-order chi connectivity index (χ0) is 23.7. The van der Waals surface area contributed by atoms with E-state index >= 15 is 0 Å². The Hall–Kier alpha value is -3.74. The van der Waals surface area contributed by atoms with E-state index in [9.17, 15) is 14.0 Å². The average Bonchev–Trinajstić information content (AvgIpc) is 3.15. The van der Waals surface area contributed by atoms with Gasteiger partial charge < -0.3 is 10.3 Å². The number of rotatable bonds is 6. The number of aryl methyl sites for hydroxylation is 3. The van der Waals surface area contributed by atoms with Gasteiger partial charge in [0.15, 0.2) is 5.69 Å². The summed E-state index contributed by atoms with van der Waals surface area (Å²) < 4.78 is 14.7. The van der Waals surface area contributed by atoms with E-state index in [0.717, 1.165) is 23.1 Å². The van der Waals surface area contributed by atoms with Crippen LogP contribution in [0.4, 0.5) is 4.39 Å². The quantitative estimate of drug-likeness (QED) is 0.443. The second-order valence-corrected chi connectivity index (χ2v) is 8.41. The summed E-state index contributed by atoms with van der Waals surface area (Å²) >= 11 is 0. The highest BCUT2D eigenvalue weighted by Crippen LogP contribution is 2.22. The van der Waals surface area contributed by atoms with Crippen LogP contribution in [0.15, 0.2) is 53.5 Å². The molecule has 0 saturated carbocycles. The summed E-state index contributed by atoms with van der Waals surface area (Å²) in [6.07, 6.45) is 3.05. The summed E-state index contributed by atoms with van der Waals surface area (Å²) in [5, 5.41) is 7.43. The molecule has 33 heavy (non-hydrogen) atoms. The monoisotopic (exact) mass is 446 g/mol. The van der Waals surface area contributed by atoms with E-state index in [1.54, 1.807) is 18.3 Å². The average molecular weight is 447 g/mol. The summed E-state index contributed by atoms with van der Waals surface area (Å²) in [5.41, 5.74) is 5.52. The largest absolute Gasteiger partial charge is 0.344 e. The van der Waals surface area contributed by atoms with Gasteiger partial charge in [-0.1, -0.05) is 37.6 Å². The first-order chi connectivity index (χ1) is 15.8. The highest BCUT2D eigenvalue weighted by atomic mass is 19.1. The van der Waals surface area contributed by atoms with Crippen molar-refractivity contribution < 1.29 is 9.18 Å². The number of benzene rings is 2. The van der Waals surface area contributed by atoms with Crippen molar-refractivity contribution in [2.75, 3.05) is 0 Å². The van der Waals surface area contributed by atoms with Gasteiger partial charge >= 0.3 is 0 Å². The number of nitrogens with one attached hydrogen (secondary N) is 2. The summed E-state index contributed by atoms with van der Waals surface area (Å²) in [6.45, 7) is 7.87. The minimum Gasteiger partial charge on any atom is -0.344 e. The lowest BCUT2D eigenvalue weighted by Gasteiger charge is -2.14. The number of aromatic nitrogens is 3. The number of carbonyl (C=O) groups excluding carboxylic acids is 1. The molecule has 0 aliphatic rings. The molecule has 170 valence electrons. The van der Waals surface area contributed by atoms with Gasteiger partial charge in [-0.15, -0.1) is 0 Å². The van der Waals surface area contributed by atoms with Gasteiger partial charge in [-0.2, -0.15) is 5.10 Å². The first-order valence-electron chi connectivity index (χ1n) is 11.1. The second kappa shape index (κ2) is 9.02. The molecule has 0 spiro atoms. The van der Waals surface area contributed by atoms with E-state index in [1.807, 2.05) is 45.9 Å². The molecular weight excluding hydrogens is 419 g/mol. The Morgan fingerprint density at radius 1 is 1.15 bits per heavy atom. The predicted octanol–water partition coefficient (Wildman–Crippen LogP) is 4.89. The number of fused-ring (bicyclic) bond motifs is 1. The first-order valence-corrected chi connectivity index (χ1v) is 11.1. The molecule has 2 aromatic heterocycles. The van der Waals surface area contributed by atoms with Crippen molar-refractivity contribution in [2.24, 2.45) is 0 Å². The minimum absolute atomic E-state index is 0.230. The van der Waals surface area contributed by atoms with Crippen molar-refractivity contribution >= 4 is 11.4 Å². The molecular formula is C26H27FN4O2. The number of amides is 1. The third-order valence-corrected chi connectivity index (χ3v) is 5.97. The molecule has 0 aliphatic heterocycles. The fraction of sp³-hybridized carbons (Fsp3) is 0.269. The summed E-state index contributed by atoms with van der Waals surface area (Å²) in [6, 6.07) is 11.6. The molecule has 2 N–H and O–H groups in total. The van der Waals surface area contributed by atoms with Crippen LogP contribution in [0.5, 0.6) is 0 Å². The van der Waals surface area contributed by atoms with Crippen LogP contribution in [0.2, 0.25) is 0 Å². The van der Waals surface area contributed by atoms with E-state index < -0.39 is 0 Å². The number of hydrogen-bond donors (Lipinski definition) is 2. The van der Waals surface area contributed by atoms with E-state index in [0.29, 0.717) is 23.2 Å². The van der Waals surface area contributed by atoms with Crippen molar-refractivity contribution in [3.05, 3.63) is 92.8 Å². The van der Waals surface area contributed by atoms with Gasteiger partial charge in [-0.3, -0.25) is 9.59 Å². The van der Waals surface area contributed by atoms with E-state index in [1.165, 1.54) is 22.2 Å². The van der Waals surface area contributed by atoms with Crippen molar-refractivity contribution in [2.45, 2.75) is 46.6 Å². The van der Waals surface area contributed by atoms with Crippen LogP contribution in [-0.2, 0) is 6.42 Å². The minimum atomic E-state index is -0.369. The first kappa shape index (κ1) is 22.5. The Balaban J connectivity index is 1.74. The molecule has 1 amide bonds. The molecule has 7 heteroatoms. The molecule has 4 aromatic rings. The van der Waals surface area contributed by atoms with Crippen LogP contribution in [0.3, 0.4) is 0 Å². The fourth-order valence-corrected chi connectivity index (χ4v) is 3.96. The number of H-pyrrole nitrogens is 1. The third-order valence-electron chi connectivity index (χ3n) is 5.97. The Morgan fingerprint density at radius 3 is 2.55 bits per heavy atom. The van der Waals surface area contributed by atoms with Crippen molar-refractivity contribution in [3.8, 4) is 11.3 Å². The molecule has 0 fully saturated rings. The second-order valence-electron chi connectivity index (χ2n) is 8.41. The van der Waals surface area contributed by atoms with Crippen molar-refractivity contribution in [1.29, 1.82) is 0 Å². The summed E-state index contributed by atoms with van der Waals surface area (Å²) in [4.78, 5) is 29.1.